The monoisotopic (exact) mass is 406 g/mol. The predicted molar refractivity (Wildman–Crippen MR) is 108 cm³/mol. The first-order valence-corrected chi connectivity index (χ1v) is 9.77. The summed E-state index contributed by atoms with van der Waals surface area (Å²) in [4.78, 5) is 19.1. The van der Waals surface area contributed by atoms with Gasteiger partial charge in [0.2, 0.25) is 0 Å². The number of nitrogens with zero attached hydrogens (tertiary/aromatic N) is 3. The fraction of sp³-hybridized carbons (Fsp3) is 0.227. The third-order valence-corrected chi connectivity index (χ3v) is 5.32. The van der Waals surface area contributed by atoms with Crippen molar-refractivity contribution in [3.8, 4) is 11.3 Å². The van der Waals surface area contributed by atoms with Crippen LogP contribution in [0.1, 0.15) is 16.8 Å². The molecular weight excluding hydrogens is 387 g/mol. The quantitative estimate of drug-likeness (QED) is 0.535. The highest BCUT2D eigenvalue weighted by Crippen LogP contribution is 2.27. The summed E-state index contributed by atoms with van der Waals surface area (Å²) >= 11 is 0. The molecule has 0 radical (unpaired) electrons. The van der Waals surface area contributed by atoms with Crippen molar-refractivity contribution in [2.45, 2.75) is 6.42 Å². The number of carbonyl (C=O) groups excluding carboxylic acids is 1. The van der Waals surface area contributed by atoms with E-state index in [1.165, 1.54) is 12.3 Å². The molecule has 2 aromatic carbocycles. The van der Waals surface area contributed by atoms with Crippen LogP contribution in [0.4, 0.5) is 10.4 Å². The van der Waals surface area contributed by atoms with E-state index in [1.54, 1.807) is 17.0 Å². The molecule has 0 unspecified atom stereocenters. The number of aromatic nitrogens is 2. The molecule has 1 aliphatic heterocycles. The lowest BCUT2D eigenvalue weighted by molar-refractivity contribution is 0.0788. The van der Waals surface area contributed by atoms with Gasteiger partial charge in [-0.2, -0.15) is 4.98 Å². The molecule has 1 amide bonds. The number of hydrogen-bond donors (Lipinski definition) is 1. The van der Waals surface area contributed by atoms with E-state index in [4.69, 9.17) is 8.94 Å². The number of hydrogen-bond acceptors (Lipinski definition) is 6. The van der Waals surface area contributed by atoms with Crippen LogP contribution in [0.25, 0.3) is 22.4 Å². The molecule has 0 aliphatic carbocycles. The number of halogens is 1. The zero-order valence-electron chi connectivity index (χ0n) is 16.0. The average molecular weight is 406 g/mol. The predicted octanol–water partition coefficient (Wildman–Crippen LogP) is 4.20. The Kier molecular flexibility index (Phi) is 4.66. The van der Waals surface area contributed by atoms with E-state index in [0.717, 1.165) is 12.0 Å². The molecule has 3 heterocycles. The van der Waals surface area contributed by atoms with Crippen molar-refractivity contribution in [1.29, 1.82) is 0 Å². The van der Waals surface area contributed by atoms with Gasteiger partial charge in [0.1, 0.15) is 11.1 Å². The summed E-state index contributed by atoms with van der Waals surface area (Å²) in [6.07, 6.45) is 2.32. The minimum absolute atomic E-state index is 0.0958. The molecule has 0 saturated carbocycles. The first kappa shape index (κ1) is 18.4. The van der Waals surface area contributed by atoms with Crippen LogP contribution in [0.2, 0.25) is 0 Å². The number of carbonyl (C=O) groups is 1. The van der Waals surface area contributed by atoms with Gasteiger partial charge in [0.05, 0.1) is 6.20 Å². The zero-order valence-corrected chi connectivity index (χ0v) is 16.0. The van der Waals surface area contributed by atoms with Crippen LogP contribution < -0.4 is 5.32 Å². The largest absolute Gasteiger partial charge is 0.420 e. The number of rotatable bonds is 5. The van der Waals surface area contributed by atoms with Gasteiger partial charge >= 0.3 is 0 Å². The topological polar surface area (TPSA) is 84.4 Å². The molecule has 152 valence electrons. The van der Waals surface area contributed by atoms with Crippen LogP contribution in [0.3, 0.4) is 0 Å². The molecule has 2 aromatic heterocycles. The van der Waals surface area contributed by atoms with Gasteiger partial charge in [0.15, 0.2) is 17.2 Å². The lowest BCUT2D eigenvalue weighted by atomic mass is 10.1. The number of fused-ring (bicyclic) bond motifs is 1. The maximum Gasteiger partial charge on any atom is 0.295 e. The minimum Gasteiger partial charge on any atom is -0.420 e. The van der Waals surface area contributed by atoms with E-state index >= 15 is 0 Å². The summed E-state index contributed by atoms with van der Waals surface area (Å²) in [5, 5.41) is 6.95. The van der Waals surface area contributed by atoms with E-state index in [0.29, 0.717) is 36.5 Å². The summed E-state index contributed by atoms with van der Waals surface area (Å²) < 4.78 is 24.6. The number of para-hydroxylation sites is 1. The second kappa shape index (κ2) is 7.62. The Bertz CT molecular complexity index is 1190. The number of oxazole rings is 1. The second-order valence-electron chi connectivity index (χ2n) is 7.33. The maximum atomic E-state index is 13.8. The van der Waals surface area contributed by atoms with Crippen LogP contribution in [-0.4, -0.2) is 40.6 Å². The molecule has 0 spiro atoms. The van der Waals surface area contributed by atoms with Crippen molar-refractivity contribution in [1.82, 2.24) is 15.0 Å². The van der Waals surface area contributed by atoms with Gasteiger partial charge in [-0.3, -0.25) is 4.79 Å². The molecule has 7 nitrogen and oxygen atoms in total. The van der Waals surface area contributed by atoms with Crippen molar-refractivity contribution in [2.24, 2.45) is 5.92 Å². The summed E-state index contributed by atoms with van der Waals surface area (Å²) in [6.45, 7) is 1.82. The third-order valence-electron chi connectivity index (χ3n) is 5.32. The minimum atomic E-state index is -0.436. The second-order valence-corrected chi connectivity index (χ2v) is 7.33. The highest BCUT2D eigenvalue weighted by molar-refractivity contribution is 5.99. The van der Waals surface area contributed by atoms with Crippen molar-refractivity contribution in [2.75, 3.05) is 25.0 Å². The standard InChI is InChI=1S/C22H19FN4O3/c23-17-7-4-8-18-20(17)29-22(26-18)24-11-14-9-10-27(13-14)21(28)16-12-25-30-19(16)15-5-2-1-3-6-15/h1-8,12,14H,9-11,13H2,(H,24,26)/t14-/m1/s1. The van der Waals surface area contributed by atoms with Crippen molar-refractivity contribution < 1.29 is 18.1 Å². The number of likely N-dealkylation sites (tertiary alicyclic amines) is 1. The molecule has 5 rings (SSSR count). The molecule has 1 N–H and O–H groups in total. The Morgan fingerprint density at radius 2 is 2.07 bits per heavy atom. The summed E-state index contributed by atoms with van der Waals surface area (Å²) in [5.41, 5.74) is 1.90. The van der Waals surface area contributed by atoms with Crippen LogP contribution in [0.5, 0.6) is 0 Å². The van der Waals surface area contributed by atoms with E-state index in [1.807, 2.05) is 30.3 Å². The number of nitrogens with one attached hydrogen (secondary N) is 1. The van der Waals surface area contributed by atoms with Crippen molar-refractivity contribution in [3.63, 3.8) is 0 Å². The van der Waals surface area contributed by atoms with Crippen molar-refractivity contribution in [3.05, 3.63) is 66.1 Å². The lowest BCUT2D eigenvalue weighted by Gasteiger charge is -2.16. The van der Waals surface area contributed by atoms with Gasteiger partial charge in [-0.1, -0.05) is 41.6 Å². The van der Waals surface area contributed by atoms with Gasteiger partial charge in [0, 0.05) is 25.2 Å². The lowest BCUT2D eigenvalue weighted by Crippen LogP contribution is -2.29. The van der Waals surface area contributed by atoms with Gasteiger partial charge in [-0.25, -0.2) is 4.39 Å². The summed E-state index contributed by atoms with van der Waals surface area (Å²) in [7, 11) is 0. The van der Waals surface area contributed by atoms with E-state index < -0.39 is 5.82 Å². The Morgan fingerprint density at radius 3 is 2.90 bits per heavy atom. The Hall–Kier alpha value is -3.68. The molecule has 1 atom stereocenters. The van der Waals surface area contributed by atoms with Crippen molar-refractivity contribution >= 4 is 23.0 Å². The first-order valence-electron chi connectivity index (χ1n) is 9.77. The number of amides is 1. The van der Waals surface area contributed by atoms with Gasteiger partial charge in [-0.05, 0) is 24.5 Å². The fourth-order valence-electron chi connectivity index (χ4n) is 3.77. The molecule has 30 heavy (non-hydrogen) atoms. The van der Waals surface area contributed by atoms with E-state index in [9.17, 15) is 9.18 Å². The van der Waals surface area contributed by atoms with E-state index in [2.05, 4.69) is 15.5 Å². The molecular formula is C22H19FN4O3. The maximum absolute atomic E-state index is 13.8. The first-order chi connectivity index (χ1) is 14.7. The Morgan fingerprint density at radius 1 is 1.20 bits per heavy atom. The van der Waals surface area contributed by atoms with Gasteiger partial charge in [0.25, 0.3) is 11.9 Å². The van der Waals surface area contributed by atoms with Crippen LogP contribution in [0.15, 0.2) is 63.7 Å². The molecule has 1 aliphatic rings. The highest BCUT2D eigenvalue weighted by atomic mass is 19.1. The molecule has 1 fully saturated rings. The fourth-order valence-corrected chi connectivity index (χ4v) is 3.77. The third kappa shape index (κ3) is 3.41. The normalized spacial score (nSPS) is 16.3. The average Bonchev–Trinajstić information content (AvgIpc) is 3.51. The number of benzene rings is 2. The molecule has 1 saturated heterocycles. The molecule has 0 bridgehead atoms. The van der Waals surface area contributed by atoms with Gasteiger partial charge < -0.3 is 19.2 Å². The van der Waals surface area contributed by atoms with Crippen LogP contribution in [0, 0.1) is 11.7 Å². The Labute approximate surface area is 171 Å². The van der Waals surface area contributed by atoms with Gasteiger partial charge in [-0.15, -0.1) is 0 Å². The Balaban J connectivity index is 1.23. The van der Waals surface area contributed by atoms with E-state index in [-0.39, 0.29) is 23.4 Å². The summed E-state index contributed by atoms with van der Waals surface area (Å²) in [6, 6.07) is 14.4. The molecule has 4 aromatic rings. The SMILES string of the molecule is O=C(c1cnoc1-c1ccccc1)N1CC[C@H](CNc2nc3cccc(F)c3o2)C1. The number of anilines is 1. The van der Waals surface area contributed by atoms with Crippen LogP contribution in [-0.2, 0) is 0 Å². The van der Waals surface area contributed by atoms with Crippen LogP contribution >= 0.6 is 0 Å². The highest BCUT2D eigenvalue weighted by Gasteiger charge is 2.30. The summed E-state index contributed by atoms with van der Waals surface area (Å²) in [5.74, 6) is 0.180. The molecule has 8 heteroatoms. The smallest absolute Gasteiger partial charge is 0.295 e. The zero-order chi connectivity index (χ0) is 20.5.